The fourth-order valence-corrected chi connectivity index (χ4v) is 1.63. The van der Waals surface area contributed by atoms with Crippen molar-refractivity contribution in [2.75, 3.05) is 0 Å². The number of aromatic nitrogens is 1. The van der Waals surface area contributed by atoms with Crippen molar-refractivity contribution in [3.8, 4) is 0 Å². The number of aryl methyl sites for hydroxylation is 1. The molecule has 3 nitrogen and oxygen atoms in total. The van der Waals surface area contributed by atoms with Gasteiger partial charge in [0, 0.05) is 11.9 Å². The van der Waals surface area contributed by atoms with Gasteiger partial charge in [-0.05, 0) is 37.0 Å². The van der Waals surface area contributed by atoms with Crippen molar-refractivity contribution in [1.82, 2.24) is 4.98 Å². The monoisotopic (exact) mass is 177 g/mol. The molecule has 2 atom stereocenters. The molecule has 1 aliphatic rings. The van der Waals surface area contributed by atoms with Crippen LogP contribution in [0, 0.1) is 12.8 Å². The lowest BCUT2D eigenvalue weighted by Crippen LogP contribution is -1.99. The van der Waals surface area contributed by atoms with Gasteiger partial charge in [0.1, 0.15) is 0 Å². The van der Waals surface area contributed by atoms with Crippen LogP contribution in [-0.2, 0) is 4.79 Å². The van der Waals surface area contributed by atoms with Gasteiger partial charge in [-0.1, -0.05) is 0 Å². The highest BCUT2D eigenvalue weighted by atomic mass is 16.4. The maximum Gasteiger partial charge on any atom is 0.307 e. The van der Waals surface area contributed by atoms with Crippen LogP contribution in [0.2, 0.25) is 0 Å². The third-order valence-electron chi connectivity index (χ3n) is 2.46. The highest BCUT2D eigenvalue weighted by molar-refractivity contribution is 5.75. The minimum atomic E-state index is -0.681. The quantitative estimate of drug-likeness (QED) is 0.746. The van der Waals surface area contributed by atoms with Crippen LogP contribution in [0.15, 0.2) is 18.3 Å². The standard InChI is InChI=1S/C10H11NO2/c1-6-4-7(2-3-11-6)8-5-9(8)10(12)13/h2-4,8-9H,5H2,1H3,(H,12,13)/t8-,9+/m0/s1. The zero-order valence-corrected chi connectivity index (χ0v) is 7.40. The van der Waals surface area contributed by atoms with Crippen molar-refractivity contribution in [1.29, 1.82) is 0 Å². The number of hydrogen-bond acceptors (Lipinski definition) is 2. The van der Waals surface area contributed by atoms with Gasteiger partial charge in [-0.2, -0.15) is 0 Å². The van der Waals surface area contributed by atoms with E-state index in [9.17, 15) is 4.79 Å². The van der Waals surface area contributed by atoms with E-state index in [0.29, 0.717) is 0 Å². The van der Waals surface area contributed by atoms with Crippen molar-refractivity contribution >= 4 is 5.97 Å². The molecule has 0 aliphatic heterocycles. The van der Waals surface area contributed by atoms with Crippen molar-refractivity contribution < 1.29 is 9.90 Å². The van der Waals surface area contributed by atoms with Crippen LogP contribution in [0.5, 0.6) is 0 Å². The third kappa shape index (κ3) is 1.54. The summed E-state index contributed by atoms with van der Waals surface area (Å²) in [6, 6.07) is 3.87. The van der Waals surface area contributed by atoms with Gasteiger partial charge in [0.15, 0.2) is 0 Å². The number of carboxylic acids is 1. The molecular weight excluding hydrogens is 166 g/mol. The molecule has 2 rings (SSSR count). The molecule has 1 heterocycles. The molecule has 0 spiro atoms. The number of rotatable bonds is 2. The van der Waals surface area contributed by atoms with Gasteiger partial charge in [0.25, 0.3) is 0 Å². The summed E-state index contributed by atoms with van der Waals surface area (Å²) >= 11 is 0. The molecule has 13 heavy (non-hydrogen) atoms. The first kappa shape index (κ1) is 8.23. The third-order valence-corrected chi connectivity index (χ3v) is 2.46. The van der Waals surface area contributed by atoms with Crippen molar-refractivity contribution in [2.24, 2.45) is 5.92 Å². The van der Waals surface area contributed by atoms with Crippen LogP contribution in [0.25, 0.3) is 0 Å². The molecule has 0 amide bonds. The van der Waals surface area contributed by atoms with Crippen molar-refractivity contribution in [3.63, 3.8) is 0 Å². The maximum absolute atomic E-state index is 10.6. The molecule has 0 radical (unpaired) electrons. The Kier molecular flexibility index (Phi) is 1.79. The Morgan fingerprint density at radius 1 is 1.69 bits per heavy atom. The molecule has 0 unspecified atom stereocenters. The molecule has 68 valence electrons. The van der Waals surface area contributed by atoms with E-state index in [1.807, 2.05) is 19.1 Å². The van der Waals surface area contributed by atoms with Crippen LogP contribution >= 0.6 is 0 Å². The molecule has 1 aromatic rings. The smallest absolute Gasteiger partial charge is 0.307 e. The number of hydrogen-bond donors (Lipinski definition) is 1. The van der Waals surface area contributed by atoms with E-state index in [1.165, 1.54) is 0 Å². The fraction of sp³-hybridized carbons (Fsp3) is 0.400. The summed E-state index contributed by atoms with van der Waals surface area (Å²) in [5.41, 5.74) is 2.06. The summed E-state index contributed by atoms with van der Waals surface area (Å²) in [6.07, 6.45) is 2.51. The van der Waals surface area contributed by atoms with E-state index in [0.717, 1.165) is 17.7 Å². The second-order valence-corrected chi connectivity index (χ2v) is 3.52. The van der Waals surface area contributed by atoms with Crippen LogP contribution in [-0.4, -0.2) is 16.1 Å². The van der Waals surface area contributed by atoms with E-state index >= 15 is 0 Å². The molecule has 3 heteroatoms. The minimum absolute atomic E-state index is 0.165. The lowest BCUT2D eigenvalue weighted by atomic mass is 10.1. The molecule has 0 bridgehead atoms. The number of aliphatic carboxylic acids is 1. The van der Waals surface area contributed by atoms with E-state index in [4.69, 9.17) is 5.11 Å². The first-order chi connectivity index (χ1) is 6.18. The minimum Gasteiger partial charge on any atom is -0.481 e. The molecule has 1 aliphatic carbocycles. The van der Waals surface area contributed by atoms with E-state index in [1.54, 1.807) is 6.20 Å². The van der Waals surface area contributed by atoms with E-state index < -0.39 is 5.97 Å². The molecule has 0 aromatic carbocycles. The SMILES string of the molecule is Cc1cc([C@@H]2C[C@H]2C(=O)O)ccn1. The second kappa shape index (κ2) is 2.83. The summed E-state index contributed by atoms with van der Waals surface area (Å²) in [5, 5.41) is 8.74. The molecule has 1 fully saturated rings. The van der Waals surface area contributed by atoms with E-state index in [-0.39, 0.29) is 11.8 Å². The first-order valence-electron chi connectivity index (χ1n) is 4.34. The normalized spacial score (nSPS) is 25.6. The topological polar surface area (TPSA) is 50.2 Å². The highest BCUT2D eigenvalue weighted by Crippen LogP contribution is 2.47. The molecule has 1 saturated carbocycles. The zero-order valence-electron chi connectivity index (χ0n) is 7.40. The van der Waals surface area contributed by atoms with Gasteiger partial charge in [-0.15, -0.1) is 0 Å². The Labute approximate surface area is 76.4 Å². The lowest BCUT2D eigenvalue weighted by molar-refractivity contribution is -0.138. The molecule has 1 aromatic heterocycles. The Bertz CT molecular complexity index is 349. The summed E-state index contributed by atoms with van der Waals surface area (Å²) in [4.78, 5) is 14.7. The van der Waals surface area contributed by atoms with Crippen LogP contribution in [0.4, 0.5) is 0 Å². The van der Waals surface area contributed by atoms with Gasteiger partial charge in [-0.25, -0.2) is 0 Å². The number of carbonyl (C=O) groups is 1. The maximum atomic E-state index is 10.6. The highest BCUT2D eigenvalue weighted by Gasteiger charge is 2.44. The van der Waals surface area contributed by atoms with Gasteiger partial charge in [0.2, 0.25) is 0 Å². The van der Waals surface area contributed by atoms with Crippen LogP contribution < -0.4 is 0 Å². The Morgan fingerprint density at radius 2 is 2.46 bits per heavy atom. The largest absolute Gasteiger partial charge is 0.481 e. The molecule has 1 N–H and O–H groups in total. The predicted octanol–water partition coefficient (Wildman–Crippen LogP) is 1.58. The summed E-state index contributed by atoms with van der Waals surface area (Å²) < 4.78 is 0. The van der Waals surface area contributed by atoms with Crippen molar-refractivity contribution in [2.45, 2.75) is 19.3 Å². The number of carboxylic acid groups (broad SMARTS) is 1. The Balaban J connectivity index is 2.16. The number of nitrogens with zero attached hydrogens (tertiary/aromatic N) is 1. The Morgan fingerprint density at radius 3 is 3.00 bits per heavy atom. The molecular formula is C10H11NO2. The lowest BCUT2D eigenvalue weighted by Gasteiger charge is -1.98. The average Bonchev–Trinajstić information content (AvgIpc) is 2.82. The summed E-state index contributed by atoms with van der Waals surface area (Å²) in [5.74, 6) is -0.625. The van der Waals surface area contributed by atoms with Gasteiger partial charge < -0.3 is 5.11 Å². The predicted molar refractivity (Wildman–Crippen MR) is 47.5 cm³/mol. The van der Waals surface area contributed by atoms with Crippen molar-refractivity contribution in [3.05, 3.63) is 29.6 Å². The fourth-order valence-electron chi connectivity index (χ4n) is 1.63. The van der Waals surface area contributed by atoms with Gasteiger partial charge in [-0.3, -0.25) is 9.78 Å². The van der Waals surface area contributed by atoms with Crippen LogP contribution in [0.1, 0.15) is 23.6 Å². The van der Waals surface area contributed by atoms with Crippen LogP contribution in [0.3, 0.4) is 0 Å². The number of pyridine rings is 1. The van der Waals surface area contributed by atoms with Gasteiger partial charge >= 0.3 is 5.97 Å². The first-order valence-corrected chi connectivity index (χ1v) is 4.34. The summed E-state index contributed by atoms with van der Waals surface area (Å²) in [7, 11) is 0. The Hall–Kier alpha value is -1.38. The summed E-state index contributed by atoms with van der Waals surface area (Å²) in [6.45, 7) is 1.92. The molecule has 0 saturated heterocycles. The second-order valence-electron chi connectivity index (χ2n) is 3.52. The zero-order chi connectivity index (χ0) is 9.42. The van der Waals surface area contributed by atoms with Gasteiger partial charge in [0.05, 0.1) is 5.92 Å². The average molecular weight is 177 g/mol. The van der Waals surface area contributed by atoms with E-state index in [2.05, 4.69) is 4.98 Å².